The predicted octanol–water partition coefficient (Wildman–Crippen LogP) is 2.52. The van der Waals surface area contributed by atoms with Gasteiger partial charge >= 0.3 is 0 Å². The third-order valence-electron chi connectivity index (χ3n) is 8.21. The largest absolute Gasteiger partial charge is 0.369 e. The highest BCUT2D eigenvalue weighted by Gasteiger charge is 2.48. The number of benzene rings is 1. The van der Waals surface area contributed by atoms with Crippen molar-refractivity contribution < 1.29 is 14.0 Å². The molecule has 1 spiro atoms. The molecular weight excluding hydrogens is 395 g/mol. The van der Waals surface area contributed by atoms with Crippen molar-refractivity contribution >= 4 is 17.5 Å². The average Bonchev–Trinajstić information content (AvgIpc) is 2.73. The number of hydrogen-bond acceptors (Lipinski definition) is 5. The minimum Gasteiger partial charge on any atom is -0.369 e. The smallest absolute Gasteiger partial charge is 0.234 e. The molecule has 1 atom stereocenters. The molecule has 1 aliphatic carbocycles. The summed E-state index contributed by atoms with van der Waals surface area (Å²) in [6.07, 6.45) is 7.76. The molecule has 3 heterocycles. The Hall–Kier alpha value is -1.99. The Morgan fingerprint density at radius 1 is 1.03 bits per heavy atom. The van der Waals surface area contributed by atoms with Gasteiger partial charge in [0, 0.05) is 31.6 Å². The van der Waals surface area contributed by atoms with E-state index in [-0.39, 0.29) is 17.6 Å². The first-order chi connectivity index (χ1) is 14.9. The monoisotopic (exact) mass is 428 g/mol. The van der Waals surface area contributed by atoms with Gasteiger partial charge in [-0.3, -0.25) is 14.9 Å². The van der Waals surface area contributed by atoms with E-state index in [9.17, 15) is 14.0 Å². The molecule has 2 amide bonds. The Morgan fingerprint density at radius 2 is 1.74 bits per heavy atom. The molecule has 0 radical (unpaired) electrons. The topological polar surface area (TPSA) is 78.7 Å². The van der Waals surface area contributed by atoms with Crippen LogP contribution in [0.5, 0.6) is 0 Å². The minimum atomic E-state index is -0.442. The summed E-state index contributed by atoms with van der Waals surface area (Å²) in [7, 11) is 0. The number of rotatable bonds is 3. The van der Waals surface area contributed by atoms with E-state index in [1.54, 1.807) is 0 Å². The second-order valence-electron chi connectivity index (χ2n) is 10.1. The minimum absolute atomic E-state index is 0.248. The van der Waals surface area contributed by atoms with Gasteiger partial charge in [0.25, 0.3) is 0 Å². The normalized spacial score (nSPS) is 27.9. The summed E-state index contributed by atoms with van der Waals surface area (Å²) in [6.45, 7) is 4.04. The van der Waals surface area contributed by atoms with Crippen LogP contribution in [0.25, 0.3) is 0 Å². The third kappa shape index (κ3) is 4.10. The number of halogens is 1. The molecule has 3 N–H and O–H groups in total. The Kier molecular flexibility index (Phi) is 5.51. The summed E-state index contributed by atoms with van der Waals surface area (Å²) in [4.78, 5) is 28.2. The van der Waals surface area contributed by atoms with E-state index < -0.39 is 5.92 Å². The van der Waals surface area contributed by atoms with E-state index in [0.29, 0.717) is 41.6 Å². The van der Waals surface area contributed by atoms with Crippen LogP contribution < -0.4 is 16.0 Å². The molecule has 0 aromatic heterocycles. The van der Waals surface area contributed by atoms with Gasteiger partial charge in [-0.2, -0.15) is 0 Å². The molecule has 31 heavy (non-hydrogen) atoms. The predicted molar refractivity (Wildman–Crippen MR) is 117 cm³/mol. The summed E-state index contributed by atoms with van der Waals surface area (Å²) in [6, 6.07) is 6.24. The van der Waals surface area contributed by atoms with Crippen LogP contribution in [0.3, 0.4) is 0 Å². The van der Waals surface area contributed by atoms with Crippen molar-refractivity contribution in [2.75, 3.05) is 31.1 Å². The lowest BCUT2D eigenvalue weighted by Gasteiger charge is -2.56. The molecule has 6 nitrogen and oxygen atoms in total. The molecule has 5 rings (SSSR count). The number of nitrogens with two attached hydrogens (primary N) is 1. The number of nitrogens with zero attached hydrogens (tertiary/aromatic N) is 2. The number of piperidine rings is 3. The maximum atomic E-state index is 15.0. The van der Waals surface area contributed by atoms with Gasteiger partial charge in [-0.05, 0) is 81.1 Å². The first-order valence-electron chi connectivity index (χ1n) is 11.8. The number of amides is 2. The molecule has 0 bridgehead atoms. The molecule has 1 unspecified atom stereocenters. The van der Waals surface area contributed by atoms with Gasteiger partial charge < -0.3 is 15.5 Å². The highest BCUT2D eigenvalue weighted by molar-refractivity contribution is 6.00. The zero-order chi connectivity index (χ0) is 21.6. The maximum absolute atomic E-state index is 15.0. The number of nitrogens with one attached hydrogen (secondary N) is 1. The highest BCUT2D eigenvalue weighted by atomic mass is 19.1. The molecule has 3 aliphatic heterocycles. The molecule has 3 saturated heterocycles. The molecule has 168 valence electrons. The lowest BCUT2D eigenvalue weighted by atomic mass is 9.59. The van der Waals surface area contributed by atoms with Gasteiger partial charge in [-0.1, -0.05) is 6.07 Å². The van der Waals surface area contributed by atoms with Gasteiger partial charge in [0.2, 0.25) is 11.8 Å². The SMILES string of the molecule is NC1CCN(C2CC3(CCN(c4ccc(C5CCC(=O)NC5=O)cc4F)CC3)C2)CC1. The second-order valence-corrected chi connectivity index (χ2v) is 10.1. The average molecular weight is 429 g/mol. The maximum Gasteiger partial charge on any atom is 0.234 e. The molecule has 7 heteroatoms. The number of likely N-dealkylation sites (tertiary alicyclic amines) is 1. The van der Waals surface area contributed by atoms with Crippen molar-refractivity contribution in [3.63, 3.8) is 0 Å². The summed E-state index contributed by atoms with van der Waals surface area (Å²) in [5.41, 5.74) is 7.76. The molecular formula is C24H33FN4O2. The first kappa shape index (κ1) is 20.9. The fraction of sp³-hybridized carbons (Fsp3) is 0.667. The van der Waals surface area contributed by atoms with Crippen LogP contribution in [-0.4, -0.2) is 55.0 Å². The van der Waals surface area contributed by atoms with Crippen LogP contribution in [0.1, 0.15) is 62.8 Å². The van der Waals surface area contributed by atoms with Crippen molar-refractivity contribution in [3.8, 4) is 0 Å². The quantitative estimate of drug-likeness (QED) is 0.724. The third-order valence-corrected chi connectivity index (χ3v) is 8.21. The Balaban J connectivity index is 1.17. The number of hydrogen-bond donors (Lipinski definition) is 2. The summed E-state index contributed by atoms with van der Waals surface area (Å²) >= 11 is 0. The van der Waals surface area contributed by atoms with Gasteiger partial charge in [-0.25, -0.2) is 4.39 Å². The van der Waals surface area contributed by atoms with E-state index in [0.717, 1.165) is 51.9 Å². The second kappa shape index (κ2) is 8.17. The summed E-state index contributed by atoms with van der Waals surface area (Å²) in [5, 5.41) is 2.36. The van der Waals surface area contributed by atoms with Crippen LogP contribution in [0.15, 0.2) is 18.2 Å². The summed E-state index contributed by atoms with van der Waals surface area (Å²) < 4.78 is 15.0. The Bertz CT molecular complexity index is 851. The van der Waals surface area contributed by atoms with Gasteiger partial charge in [-0.15, -0.1) is 0 Å². The van der Waals surface area contributed by atoms with E-state index in [2.05, 4.69) is 15.1 Å². The summed E-state index contributed by atoms with van der Waals surface area (Å²) in [5.74, 6) is -1.28. The lowest BCUT2D eigenvalue weighted by Crippen LogP contribution is -2.57. The van der Waals surface area contributed by atoms with Crippen molar-refractivity contribution in [2.45, 2.75) is 69.4 Å². The van der Waals surface area contributed by atoms with Crippen molar-refractivity contribution in [1.82, 2.24) is 10.2 Å². The fourth-order valence-electron chi connectivity index (χ4n) is 6.12. The van der Waals surface area contributed by atoms with Crippen LogP contribution in [-0.2, 0) is 9.59 Å². The van der Waals surface area contributed by atoms with Crippen LogP contribution in [0.4, 0.5) is 10.1 Å². The number of carbonyl (C=O) groups is 2. The van der Waals surface area contributed by atoms with Crippen molar-refractivity contribution in [1.29, 1.82) is 0 Å². The van der Waals surface area contributed by atoms with E-state index >= 15 is 0 Å². The highest BCUT2D eigenvalue weighted by Crippen LogP contribution is 2.51. The lowest BCUT2D eigenvalue weighted by molar-refractivity contribution is -0.134. The van der Waals surface area contributed by atoms with E-state index in [4.69, 9.17) is 5.73 Å². The van der Waals surface area contributed by atoms with E-state index in [1.165, 1.54) is 18.9 Å². The molecule has 1 aromatic rings. The van der Waals surface area contributed by atoms with Crippen LogP contribution in [0, 0.1) is 11.2 Å². The van der Waals surface area contributed by atoms with Crippen LogP contribution in [0.2, 0.25) is 0 Å². The van der Waals surface area contributed by atoms with Gasteiger partial charge in [0.05, 0.1) is 11.6 Å². The molecule has 4 aliphatic rings. The molecule has 1 saturated carbocycles. The fourth-order valence-corrected chi connectivity index (χ4v) is 6.12. The van der Waals surface area contributed by atoms with E-state index in [1.807, 2.05) is 12.1 Å². The Morgan fingerprint density at radius 3 is 2.39 bits per heavy atom. The number of imide groups is 1. The zero-order valence-corrected chi connectivity index (χ0v) is 18.1. The van der Waals surface area contributed by atoms with Crippen molar-refractivity contribution in [2.24, 2.45) is 11.1 Å². The molecule has 1 aromatic carbocycles. The first-order valence-corrected chi connectivity index (χ1v) is 11.8. The zero-order valence-electron chi connectivity index (χ0n) is 18.1. The van der Waals surface area contributed by atoms with Gasteiger partial charge in [0.15, 0.2) is 0 Å². The number of anilines is 1. The molecule has 4 fully saturated rings. The standard InChI is InChI=1S/C24H33FN4O2/c25-20-13-16(19-2-4-22(30)27-23(19)31)1-3-21(20)29-11-7-24(8-12-29)14-18(15-24)28-9-5-17(26)6-10-28/h1,3,13,17-19H,2,4-12,14-15,26H2,(H,27,30,31). The van der Waals surface area contributed by atoms with Crippen LogP contribution >= 0.6 is 0 Å². The number of carbonyl (C=O) groups excluding carboxylic acids is 2. The Labute approximate surface area is 183 Å². The van der Waals surface area contributed by atoms with Crippen molar-refractivity contribution in [3.05, 3.63) is 29.6 Å². The van der Waals surface area contributed by atoms with Gasteiger partial charge in [0.1, 0.15) is 5.82 Å².